The van der Waals surface area contributed by atoms with E-state index in [9.17, 15) is 13.2 Å². The lowest BCUT2D eigenvalue weighted by atomic mass is 10.1. The maximum absolute atomic E-state index is 12.5. The Morgan fingerprint density at radius 3 is 2.67 bits per heavy atom. The van der Waals surface area contributed by atoms with Crippen molar-refractivity contribution in [3.63, 3.8) is 0 Å². The summed E-state index contributed by atoms with van der Waals surface area (Å²) in [5, 5.41) is 5.20. The van der Waals surface area contributed by atoms with Gasteiger partial charge in [0.1, 0.15) is 5.71 Å². The Kier molecular flexibility index (Phi) is 2.62. The number of ether oxygens (including phenoxy) is 1. The quantitative estimate of drug-likeness (QED) is 0.673. The zero-order valence-electron chi connectivity index (χ0n) is 8.42. The first-order valence-electron chi connectivity index (χ1n) is 4.98. The summed E-state index contributed by atoms with van der Waals surface area (Å²) in [4.78, 5) is 0. The van der Waals surface area contributed by atoms with Crippen LogP contribution in [0.25, 0.3) is 0 Å². The van der Waals surface area contributed by atoms with Gasteiger partial charge in [-0.3, -0.25) is 5.01 Å². The molecule has 0 radical (unpaired) electrons. The second-order valence-electron chi connectivity index (χ2n) is 4.02. The van der Waals surface area contributed by atoms with Crippen LogP contribution in [0.5, 0.6) is 0 Å². The van der Waals surface area contributed by atoms with Gasteiger partial charge in [-0.05, 0) is 6.42 Å². The SMILES string of the molecule is CC1CN(C2CCOC2)N=C1C(F)(F)F. The number of hydrazone groups is 1. The Morgan fingerprint density at radius 2 is 2.20 bits per heavy atom. The van der Waals surface area contributed by atoms with Gasteiger partial charge >= 0.3 is 6.18 Å². The lowest BCUT2D eigenvalue weighted by Crippen LogP contribution is -2.31. The first-order chi connectivity index (χ1) is 6.98. The predicted octanol–water partition coefficient (Wildman–Crippen LogP) is 1.65. The maximum atomic E-state index is 12.5. The smallest absolute Gasteiger partial charge is 0.379 e. The molecular weight excluding hydrogens is 209 g/mol. The highest BCUT2D eigenvalue weighted by atomic mass is 19.4. The Labute approximate surface area is 85.9 Å². The molecular formula is C9H13F3N2O. The van der Waals surface area contributed by atoms with Crippen molar-refractivity contribution in [2.45, 2.75) is 25.6 Å². The van der Waals surface area contributed by atoms with Crippen molar-refractivity contribution in [2.24, 2.45) is 11.0 Å². The molecule has 2 heterocycles. The van der Waals surface area contributed by atoms with Crippen molar-refractivity contribution in [3.8, 4) is 0 Å². The van der Waals surface area contributed by atoms with Gasteiger partial charge < -0.3 is 4.74 Å². The predicted molar refractivity (Wildman–Crippen MR) is 48.6 cm³/mol. The van der Waals surface area contributed by atoms with Gasteiger partial charge in [-0.1, -0.05) is 6.92 Å². The van der Waals surface area contributed by atoms with Crippen molar-refractivity contribution in [1.82, 2.24) is 5.01 Å². The van der Waals surface area contributed by atoms with Gasteiger partial charge in [0.15, 0.2) is 0 Å². The van der Waals surface area contributed by atoms with E-state index in [1.54, 1.807) is 6.92 Å². The topological polar surface area (TPSA) is 24.8 Å². The van der Waals surface area contributed by atoms with Crippen LogP contribution in [0.2, 0.25) is 0 Å². The minimum Gasteiger partial charge on any atom is -0.379 e. The van der Waals surface area contributed by atoms with Gasteiger partial charge in [-0.25, -0.2) is 0 Å². The fraction of sp³-hybridized carbons (Fsp3) is 0.889. The normalized spacial score (nSPS) is 32.3. The standard InChI is InChI=1S/C9H13F3N2O/c1-6-4-14(7-2-3-15-5-7)13-8(6)9(10,11)12/h6-7H,2-5H2,1H3. The minimum absolute atomic E-state index is 0.0206. The highest BCUT2D eigenvalue weighted by Crippen LogP contribution is 2.29. The molecule has 0 amide bonds. The summed E-state index contributed by atoms with van der Waals surface area (Å²) < 4.78 is 42.6. The van der Waals surface area contributed by atoms with Crippen LogP contribution in [0.15, 0.2) is 5.10 Å². The first-order valence-corrected chi connectivity index (χ1v) is 4.98. The van der Waals surface area contributed by atoms with Gasteiger partial charge in [0.05, 0.1) is 12.6 Å². The molecule has 0 aromatic heterocycles. The fourth-order valence-electron chi connectivity index (χ4n) is 1.97. The Balaban J connectivity index is 2.09. The number of alkyl halides is 3. The van der Waals surface area contributed by atoms with Crippen LogP contribution in [-0.2, 0) is 4.74 Å². The largest absolute Gasteiger partial charge is 0.431 e. The highest BCUT2D eigenvalue weighted by Gasteiger charge is 2.44. The molecule has 86 valence electrons. The average Bonchev–Trinajstić information content (AvgIpc) is 2.68. The molecule has 2 unspecified atom stereocenters. The Morgan fingerprint density at radius 1 is 1.47 bits per heavy atom. The van der Waals surface area contributed by atoms with E-state index in [4.69, 9.17) is 4.74 Å². The molecule has 2 aliphatic rings. The third-order valence-electron chi connectivity index (χ3n) is 2.78. The number of rotatable bonds is 1. The summed E-state index contributed by atoms with van der Waals surface area (Å²) in [6, 6.07) is 0.0206. The minimum atomic E-state index is -4.30. The monoisotopic (exact) mass is 222 g/mol. The third kappa shape index (κ3) is 2.09. The van der Waals surface area contributed by atoms with Crippen LogP contribution in [0.3, 0.4) is 0 Å². The molecule has 2 aliphatic heterocycles. The van der Waals surface area contributed by atoms with Gasteiger partial charge in [0.2, 0.25) is 0 Å². The first kappa shape index (κ1) is 10.7. The van der Waals surface area contributed by atoms with E-state index in [1.807, 2.05) is 0 Å². The molecule has 1 saturated heterocycles. The van der Waals surface area contributed by atoms with Crippen molar-refractivity contribution in [3.05, 3.63) is 0 Å². The van der Waals surface area contributed by atoms with Crippen LogP contribution in [0, 0.1) is 5.92 Å². The van der Waals surface area contributed by atoms with E-state index >= 15 is 0 Å². The Hall–Kier alpha value is -0.780. The number of nitrogens with zero attached hydrogens (tertiary/aromatic N) is 2. The second kappa shape index (κ2) is 3.66. The van der Waals surface area contributed by atoms with Gasteiger partial charge in [-0.15, -0.1) is 0 Å². The summed E-state index contributed by atoms with van der Waals surface area (Å²) in [7, 11) is 0. The molecule has 0 spiro atoms. The molecule has 0 aliphatic carbocycles. The molecule has 0 bridgehead atoms. The maximum Gasteiger partial charge on any atom is 0.431 e. The summed E-state index contributed by atoms with van der Waals surface area (Å²) >= 11 is 0. The molecule has 0 saturated carbocycles. The van der Waals surface area contributed by atoms with E-state index in [-0.39, 0.29) is 6.04 Å². The molecule has 1 fully saturated rings. The average molecular weight is 222 g/mol. The summed E-state index contributed by atoms with van der Waals surface area (Å²) in [6.45, 7) is 3.01. The van der Waals surface area contributed by atoms with E-state index < -0.39 is 17.8 Å². The summed E-state index contributed by atoms with van der Waals surface area (Å²) in [6.07, 6.45) is -3.53. The van der Waals surface area contributed by atoms with Crippen LogP contribution in [0.4, 0.5) is 13.2 Å². The molecule has 3 nitrogen and oxygen atoms in total. The molecule has 6 heteroatoms. The van der Waals surface area contributed by atoms with Crippen molar-refractivity contribution in [1.29, 1.82) is 0 Å². The van der Waals surface area contributed by atoms with Gasteiger partial charge in [0, 0.05) is 19.1 Å². The lowest BCUT2D eigenvalue weighted by Gasteiger charge is -2.20. The van der Waals surface area contributed by atoms with E-state index in [0.29, 0.717) is 19.8 Å². The van der Waals surface area contributed by atoms with Crippen molar-refractivity contribution >= 4 is 5.71 Å². The number of hydrogen-bond acceptors (Lipinski definition) is 3. The molecule has 0 aromatic rings. The zero-order chi connectivity index (χ0) is 11.1. The summed E-state index contributed by atoms with van der Waals surface area (Å²) in [5.41, 5.74) is -0.658. The van der Waals surface area contributed by atoms with Gasteiger partial charge in [0.25, 0.3) is 0 Å². The van der Waals surface area contributed by atoms with E-state index in [2.05, 4.69) is 5.10 Å². The second-order valence-corrected chi connectivity index (χ2v) is 4.02. The zero-order valence-corrected chi connectivity index (χ0v) is 8.42. The van der Waals surface area contributed by atoms with E-state index in [0.717, 1.165) is 6.42 Å². The van der Waals surface area contributed by atoms with Gasteiger partial charge in [-0.2, -0.15) is 18.3 Å². The molecule has 15 heavy (non-hydrogen) atoms. The molecule has 0 N–H and O–H groups in total. The Bertz CT molecular complexity index is 271. The van der Waals surface area contributed by atoms with Crippen LogP contribution < -0.4 is 0 Å². The van der Waals surface area contributed by atoms with Crippen molar-refractivity contribution < 1.29 is 17.9 Å². The fourth-order valence-corrected chi connectivity index (χ4v) is 1.97. The summed E-state index contributed by atoms with van der Waals surface area (Å²) in [5.74, 6) is -0.536. The molecule has 0 aromatic carbocycles. The van der Waals surface area contributed by atoms with E-state index in [1.165, 1.54) is 5.01 Å². The van der Waals surface area contributed by atoms with Crippen LogP contribution >= 0.6 is 0 Å². The molecule has 2 atom stereocenters. The molecule has 2 rings (SSSR count). The third-order valence-corrected chi connectivity index (χ3v) is 2.78. The van der Waals surface area contributed by atoms with Crippen molar-refractivity contribution in [2.75, 3.05) is 19.8 Å². The number of hydrogen-bond donors (Lipinski definition) is 0. The lowest BCUT2D eigenvalue weighted by molar-refractivity contribution is -0.0618. The van der Waals surface area contributed by atoms with Crippen LogP contribution in [-0.4, -0.2) is 42.7 Å². The van der Waals surface area contributed by atoms with Crippen LogP contribution in [0.1, 0.15) is 13.3 Å². The number of halogens is 3. The highest BCUT2D eigenvalue weighted by molar-refractivity contribution is 5.92.